The van der Waals surface area contributed by atoms with Gasteiger partial charge in [-0.2, -0.15) is 0 Å². The lowest BCUT2D eigenvalue weighted by Crippen LogP contribution is -2.27. The maximum absolute atomic E-state index is 14.0. The Labute approximate surface area is 195 Å². The van der Waals surface area contributed by atoms with Gasteiger partial charge in [0.1, 0.15) is 11.5 Å². The molecule has 0 amide bonds. The summed E-state index contributed by atoms with van der Waals surface area (Å²) >= 11 is 0. The zero-order chi connectivity index (χ0) is 23.3. The van der Waals surface area contributed by atoms with Gasteiger partial charge in [-0.1, -0.05) is 72.8 Å². The number of methoxy groups -OCH3 is 1. The van der Waals surface area contributed by atoms with Gasteiger partial charge in [0.15, 0.2) is 5.60 Å². The maximum atomic E-state index is 14.0. The van der Waals surface area contributed by atoms with E-state index in [4.69, 9.17) is 18.5 Å². The monoisotopic (exact) mass is 464 g/mol. The van der Waals surface area contributed by atoms with Gasteiger partial charge in [-0.25, -0.2) is 0 Å². The fourth-order valence-electron chi connectivity index (χ4n) is 4.21. The Balaban J connectivity index is 1.92. The first kappa shape index (κ1) is 23.3. The lowest BCUT2D eigenvalue weighted by atomic mass is 9.84. The van der Waals surface area contributed by atoms with Crippen molar-refractivity contribution >= 4 is 13.4 Å². The van der Waals surface area contributed by atoms with Crippen LogP contribution < -0.4 is 4.74 Å². The second-order valence-electron chi connectivity index (χ2n) is 7.68. The van der Waals surface area contributed by atoms with Crippen molar-refractivity contribution in [1.29, 1.82) is 0 Å². The summed E-state index contributed by atoms with van der Waals surface area (Å²) in [6, 6.07) is 27.5. The molecule has 3 aromatic rings. The van der Waals surface area contributed by atoms with Crippen molar-refractivity contribution in [2.24, 2.45) is 0 Å². The van der Waals surface area contributed by atoms with E-state index in [0.717, 1.165) is 22.4 Å². The molecule has 0 N–H and O–H groups in total. The first-order valence-electron chi connectivity index (χ1n) is 11.1. The van der Waals surface area contributed by atoms with Gasteiger partial charge in [0.2, 0.25) is 0 Å². The summed E-state index contributed by atoms with van der Waals surface area (Å²) in [5.41, 5.74) is 1.83. The van der Waals surface area contributed by atoms with E-state index in [9.17, 15) is 4.57 Å². The van der Waals surface area contributed by atoms with Gasteiger partial charge < -0.3 is 18.5 Å². The van der Waals surface area contributed by atoms with Gasteiger partial charge in [-0.05, 0) is 26.0 Å². The largest absolute Gasteiger partial charge is 0.497 e. The molecule has 3 aromatic carbocycles. The van der Waals surface area contributed by atoms with Crippen LogP contribution in [0.15, 0.2) is 90.2 Å². The van der Waals surface area contributed by atoms with Crippen LogP contribution in [0.5, 0.6) is 5.75 Å². The van der Waals surface area contributed by atoms with Crippen LogP contribution >= 0.6 is 7.60 Å². The van der Waals surface area contributed by atoms with E-state index in [-0.39, 0.29) is 13.2 Å². The standard InChI is InChI=1S/C27H29O5P/c1-4-30-33(28,31-5-2)25-20-27(22-14-10-7-11-15-22,23-16-18-24(29-3)19-17-23)32-26(25)21-12-8-6-9-13-21/h6-19H,4-5,20H2,1-3H3. The molecule has 0 saturated heterocycles. The smallest absolute Gasteiger partial charge is 0.361 e. The Hall–Kier alpha value is -2.85. The van der Waals surface area contributed by atoms with Crippen LogP contribution in [0.4, 0.5) is 0 Å². The van der Waals surface area contributed by atoms with Crippen molar-refractivity contribution in [3.05, 3.63) is 107 Å². The van der Waals surface area contributed by atoms with Gasteiger partial charge >= 0.3 is 7.60 Å². The molecule has 33 heavy (non-hydrogen) atoms. The number of hydrogen-bond donors (Lipinski definition) is 0. The van der Waals surface area contributed by atoms with Crippen LogP contribution in [-0.4, -0.2) is 20.3 Å². The van der Waals surface area contributed by atoms with Crippen molar-refractivity contribution in [2.45, 2.75) is 25.9 Å². The molecule has 1 aliphatic rings. The topological polar surface area (TPSA) is 54.0 Å². The number of ether oxygens (including phenoxy) is 2. The summed E-state index contributed by atoms with van der Waals surface area (Å²) in [7, 11) is -1.95. The Morgan fingerprint density at radius 3 is 1.91 bits per heavy atom. The van der Waals surface area contributed by atoms with Crippen molar-refractivity contribution in [1.82, 2.24) is 0 Å². The first-order chi connectivity index (χ1) is 16.1. The molecule has 6 heteroatoms. The summed E-state index contributed by atoms with van der Waals surface area (Å²) in [6.45, 7) is 4.17. The Bertz CT molecular complexity index is 1130. The van der Waals surface area contributed by atoms with Gasteiger partial charge in [0.05, 0.1) is 25.6 Å². The fraction of sp³-hybridized carbons (Fsp3) is 0.259. The molecule has 5 nitrogen and oxygen atoms in total. The minimum atomic E-state index is -3.59. The van der Waals surface area contributed by atoms with Gasteiger partial charge in [-0.15, -0.1) is 0 Å². The van der Waals surface area contributed by atoms with Crippen LogP contribution in [0.1, 0.15) is 37.0 Å². The highest BCUT2D eigenvalue weighted by atomic mass is 31.2. The molecule has 0 radical (unpaired) electrons. The molecule has 0 aliphatic carbocycles. The van der Waals surface area contributed by atoms with Crippen LogP contribution in [0.2, 0.25) is 0 Å². The SMILES string of the molecule is CCOP(=O)(OCC)C1=C(c2ccccc2)OC(c2ccccc2)(c2ccc(OC)cc2)C1. The molecule has 0 bridgehead atoms. The quantitative estimate of drug-likeness (QED) is 0.319. The van der Waals surface area contributed by atoms with Gasteiger partial charge in [0.25, 0.3) is 0 Å². The molecule has 1 aliphatic heterocycles. The summed E-state index contributed by atoms with van der Waals surface area (Å²) in [4.78, 5) is 0. The minimum Gasteiger partial charge on any atom is -0.497 e. The second kappa shape index (κ2) is 9.96. The average molecular weight is 464 g/mol. The third kappa shape index (κ3) is 4.49. The summed E-state index contributed by atoms with van der Waals surface area (Å²) in [6.07, 6.45) is 0.338. The molecule has 1 unspecified atom stereocenters. The minimum absolute atomic E-state index is 0.268. The Kier molecular flexibility index (Phi) is 7.04. The summed E-state index contributed by atoms with van der Waals surface area (Å²) in [5.74, 6) is 1.30. The highest BCUT2D eigenvalue weighted by molar-refractivity contribution is 7.58. The molecular formula is C27H29O5P. The average Bonchev–Trinajstić information content (AvgIpc) is 3.29. The fourth-order valence-corrected chi connectivity index (χ4v) is 6.12. The lowest BCUT2D eigenvalue weighted by Gasteiger charge is -2.31. The predicted molar refractivity (Wildman–Crippen MR) is 130 cm³/mol. The van der Waals surface area contributed by atoms with Gasteiger partial charge in [0, 0.05) is 23.1 Å². The van der Waals surface area contributed by atoms with E-state index >= 15 is 0 Å². The molecule has 1 heterocycles. The highest BCUT2D eigenvalue weighted by Crippen LogP contribution is 2.66. The van der Waals surface area contributed by atoms with Crippen LogP contribution in [-0.2, 0) is 24.0 Å². The molecule has 4 rings (SSSR count). The molecule has 172 valence electrons. The van der Waals surface area contributed by atoms with Crippen LogP contribution in [0, 0.1) is 0 Å². The Morgan fingerprint density at radius 2 is 1.36 bits per heavy atom. The second-order valence-corrected chi connectivity index (χ2v) is 9.73. The predicted octanol–water partition coefficient (Wildman–Crippen LogP) is 6.99. The number of rotatable bonds is 9. The number of benzene rings is 3. The zero-order valence-corrected chi connectivity index (χ0v) is 20.1. The molecule has 0 fully saturated rings. The van der Waals surface area contributed by atoms with E-state index < -0.39 is 13.2 Å². The molecule has 0 spiro atoms. The molecule has 0 saturated carbocycles. The maximum Gasteiger partial charge on any atom is 0.361 e. The lowest BCUT2D eigenvalue weighted by molar-refractivity contribution is 0.100. The van der Waals surface area contributed by atoms with E-state index in [1.54, 1.807) is 7.11 Å². The Morgan fingerprint density at radius 1 is 0.818 bits per heavy atom. The summed E-state index contributed by atoms with van der Waals surface area (Å²) in [5, 5.41) is 0.553. The first-order valence-corrected chi connectivity index (χ1v) is 12.7. The van der Waals surface area contributed by atoms with E-state index in [2.05, 4.69) is 0 Å². The molecule has 1 atom stereocenters. The molecular weight excluding hydrogens is 435 g/mol. The van der Waals surface area contributed by atoms with E-state index in [1.807, 2.05) is 98.8 Å². The van der Waals surface area contributed by atoms with Gasteiger partial charge in [-0.3, -0.25) is 4.57 Å². The highest BCUT2D eigenvalue weighted by Gasteiger charge is 2.50. The van der Waals surface area contributed by atoms with E-state index in [0.29, 0.717) is 17.5 Å². The van der Waals surface area contributed by atoms with Crippen molar-refractivity contribution < 1.29 is 23.1 Å². The molecule has 0 aromatic heterocycles. The third-order valence-electron chi connectivity index (χ3n) is 5.72. The van der Waals surface area contributed by atoms with Crippen molar-refractivity contribution in [3.8, 4) is 5.75 Å². The van der Waals surface area contributed by atoms with Crippen molar-refractivity contribution in [2.75, 3.05) is 20.3 Å². The van der Waals surface area contributed by atoms with Crippen molar-refractivity contribution in [3.63, 3.8) is 0 Å². The van der Waals surface area contributed by atoms with E-state index in [1.165, 1.54) is 0 Å². The number of hydrogen-bond acceptors (Lipinski definition) is 5. The third-order valence-corrected chi connectivity index (χ3v) is 7.93. The van der Waals surface area contributed by atoms with Crippen LogP contribution in [0.3, 0.4) is 0 Å². The van der Waals surface area contributed by atoms with Crippen LogP contribution in [0.25, 0.3) is 5.76 Å². The normalized spacial score (nSPS) is 18.3. The summed E-state index contributed by atoms with van der Waals surface area (Å²) < 4.78 is 37.8. The zero-order valence-electron chi connectivity index (χ0n) is 19.2.